The predicted molar refractivity (Wildman–Crippen MR) is 47.3 cm³/mol. The lowest BCUT2D eigenvalue weighted by Crippen LogP contribution is -2.11. The van der Waals surface area contributed by atoms with Crippen LogP contribution in [0.5, 0.6) is 5.75 Å². The minimum Gasteiger partial charge on any atom is -0.507 e. The molecular weight excluding hydrogens is 166 g/mol. The van der Waals surface area contributed by atoms with Crippen molar-refractivity contribution in [2.24, 2.45) is 0 Å². The summed E-state index contributed by atoms with van der Waals surface area (Å²) in [7, 11) is 0. The molecule has 3 heteroatoms. The number of nitrogens with zero attached hydrogens (tertiary/aromatic N) is 1. The van der Waals surface area contributed by atoms with Crippen LogP contribution in [0.3, 0.4) is 0 Å². The van der Waals surface area contributed by atoms with E-state index in [0.29, 0.717) is 5.56 Å². The zero-order chi connectivity index (χ0) is 9.10. The summed E-state index contributed by atoms with van der Waals surface area (Å²) in [6.07, 6.45) is 7.51. The van der Waals surface area contributed by atoms with E-state index >= 15 is 0 Å². The van der Waals surface area contributed by atoms with Gasteiger partial charge in [0.25, 0.3) is 0 Å². The Kier molecular flexibility index (Phi) is 2.45. The molecule has 1 aliphatic heterocycles. The van der Waals surface area contributed by atoms with Gasteiger partial charge in [0, 0.05) is 12.8 Å². The highest BCUT2D eigenvalue weighted by Crippen LogP contribution is 2.31. The highest BCUT2D eigenvalue weighted by molar-refractivity contribution is 5.29. The molecule has 1 atom stereocenters. The van der Waals surface area contributed by atoms with E-state index in [1.165, 1.54) is 6.20 Å². The van der Waals surface area contributed by atoms with Crippen molar-refractivity contribution in [2.45, 2.75) is 25.4 Å². The largest absolute Gasteiger partial charge is 0.507 e. The summed E-state index contributed by atoms with van der Waals surface area (Å²) in [5.74, 6) is 0.238. The van der Waals surface area contributed by atoms with Crippen LogP contribution >= 0.6 is 0 Å². The second-order valence-corrected chi connectivity index (χ2v) is 3.21. The second-order valence-electron chi connectivity index (χ2n) is 3.21. The molecule has 1 N–H and O–H groups in total. The van der Waals surface area contributed by atoms with E-state index in [1.54, 1.807) is 6.07 Å². The van der Waals surface area contributed by atoms with Crippen molar-refractivity contribution in [3.05, 3.63) is 24.0 Å². The van der Waals surface area contributed by atoms with Crippen LogP contribution < -0.4 is 0 Å². The Labute approximate surface area is 77.4 Å². The molecule has 2 heterocycles. The Hall–Kier alpha value is -1.09. The maximum atomic E-state index is 9.51. The number of aromatic nitrogens is 1. The van der Waals surface area contributed by atoms with Gasteiger partial charge in [0.1, 0.15) is 5.75 Å². The molecule has 1 saturated heterocycles. The molecule has 0 saturated carbocycles. The fraction of sp³-hybridized carbons (Fsp3) is 0.500. The van der Waals surface area contributed by atoms with Crippen molar-refractivity contribution in [3.63, 3.8) is 0 Å². The van der Waals surface area contributed by atoms with Gasteiger partial charge in [-0.05, 0) is 25.3 Å². The van der Waals surface area contributed by atoms with Gasteiger partial charge in [-0.15, -0.1) is 0 Å². The van der Waals surface area contributed by atoms with E-state index in [0.717, 1.165) is 25.9 Å². The fourth-order valence-electron chi connectivity index (χ4n) is 1.57. The fourth-order valence-corrected chi connectivity index (χ4v) is 1.57. The maximum absolute atomic E-state index is 9.51. The molecule has 13 heavy (non-hydrogen) atoms. The van der Waals surface area contributed by atoms with E-state index in [1.807, 2.05) is 0 Å². The first-order valence-corrected chi connectivity index (χ1v) is 4.55. The summed E-state index contributed by atoms with van der Waals surface area (Å²) in [4.78, 5) is 3.86. The molecule has 1 unspecified atom stereocenters. The van der Waals surface area contributed by atoms with Crippen molar-refractivity contribution in [3.8, 4) is 5.75 Å². The van der Waals surface area contributed by atoms with Crippen molar-refractivity contribution in [1.29, 1.82) is 0 Å². The summed E-state index contributed by atoms with van der Waals surface area (Å²) in [5.41, 5.74) is 0.696. The van der Waals surface area contributed by atoms with Crippen molar-refractivity contribution < 1.29 is 9.84 Å². The molecule has 0 aromatic carbocycles. The van der Waals surface area contributed by atoms with Gasteiger partial charge in [-0.25, -0.2) is 0 Å². The molecule has 69 valence electrons. The SMILES string of the molecule is Oc1ccn[c]c1C1CCCCO1. The highest BCUT2D eigenvalue weighted by Gasteiger charge is 2.19. The van der Waals surface area contributed by atoms with E-state index in [2.05, 4.69) is 11.2 Å². The van der Waals surface area contributed by atoms with Crippen LogP contribution in [-0.2, 0) is 4.74 Å². The third-order valence-corrected chi connectivity index (χ3v) is 2.27. The molecule has 1 aromatic heterocycles. The lowest BCUT2D eigenvalue weighted by Gasteiger charge is -2.22. The van der Waals surface area contributed by atoms with Crippen molar-refractivity contribution in [2.75, 3.05) is 6.61 Å². The van der Waals surface area contributed by atoms with Gasteiger partial charge in [0.2, 0.25) is 0 Å². The monoisotopic (exact) mass is 178 g/mol. The topological polar surface area (TPSA) is 42.4 Å². The number of rotatable bonds is 1. The third-order valence-electron chi connectivity index (χ3n) is 2.27. The van der Waals surface area contributed by atoms with Gasteiger partial charge >= 0.3 is 0 Å². The van der Waals surface area contributed by atoms with Gasteiger partial charge in [0.05, 0.1) is 17.9 Å². The average molecular weight is 178 g/mol. The molecule has 2 rings (SSSR count). The van der Waals surface area contributed by atoms with Crippen LogP contribution in [-0.4, -0.2) is 16.7 Å². The first kappa shape index (κ1) is 8.51. The molecule has 1 fully saturated rings. The van der Waals surface area contributed by atoms with Crippen LogP contribution in [0.2, 0.25) is 0 Å². The third kappa shape index (κ3) is 1.80. The van der Waals surface area contributed by atoms with E-state index in [-0.39, 0.29) is 11.9 Å². The van der Waals surface area contributed by atoms with Gasteiger partial charge in [0.15, 0.2) is 0 Å². The summed E-state index contributed by atoms with van der Waals surface area (Å²) in [6, 6.07) is 1.57. The van der Waals surface area contributed by atoms with Gasteiger partial charge in [-0.3, -0.25) is 4.98 Å². The molecule has 1 aliphatic rings. The smallest absolute Gasteiger partial charge is 0.125 e. The lowest BCUT2D eigenvalue weighted by molar-refractivity contribution is 0.0132. The van der Waals surface area contributed by atoms with Gasteiger partial charge in [-0.2, -0.15) is 0 Å². The van der Waals surface area contributed by atoms with Gasteiger partial charge < -0.3 is 9.84 Å². The summed E-state index contributed by atoms with van der Waals surface area (Å²) < 4.78 is 5.51. The standard InChI is InChI=1S/C10H12NO2/c12-9-4-5-11-7-8(9)10-3-1-2-6-13-10/h4-5,10H,1-3,6H2,(H,11,12). The quantitative estimate of drug-likeness (QED) is 0.713. The van der Waals surface area contributed by atoms with Crippen molar-refractivity contribution >= 4 is 0 Å². The molecule has 0 bridgehead atoms. The maximum Gasteiger partial charge on any atom is 0.125 e. The second kappa shape index (κ2) is 3.75. The number of pyridine rings is 1. The highest BCUT2D eigenvalue weighted by atomic mass is 16.5. The normalized spacial score (nSPS) is 22.9. The van der Waals surface area contributed by atoms with Crippen molar-refractivity contribution in [1.82, 2.24) is 4.98 Å². The van der Waals surface area contributed by atoms with Crippen LogP contribution in [0.15, 0.2) is 12.3 Å². The molecule has 0 spiro atoms. The number of hydrogen-bond donors (Lipinski definition) is 1. The number of hydrogen-bond acceptors (Lipinski definition) is 3. The van der Waals surface area contributed by atoms with Crippen LogP contribution in [0, 0.1) is 6.20 Å². The summed E-state index contributed by atoms with van der Waals surface area (Å²) in [6.45, 7) is 0.771. The lowest BCUT2D eigenvalue weighted by atomic mass is 10.0. The first-order chi connectivity index (χ1) is 6.38. The predicted octanol–water partition coefficient (Wildman–Crippen LogP) is 1.83. The molecule has 1 aromatic rings. The van der Waals surface area contributed by atoms with Gasteiger partial charge in [-0.1, -0.05) is 0 Å². The first-order valence-electron chi connectivity index (χ1n) is 4.55. The minimum atomic E-state index is -0.0116. The Morgan fingerprint density at radius 2 is 2.46 bits per heavy atom. The van der Waals surface area contributed by atoms with Crippen LogP contribution in [0.25, 0.3) is 0 Å². The molecule has 1 radical (unpaired) electrons. The summed E-state index contributed by atoms with van der Waals surface area (Å²) in [5, 5.41) is 9.51. The van der Waals surface area contributed by atoms with Crippen LogP contribution in [0.4, 0.5) is 0 Å². The van der Waals surface area contributed by atoms with E-state index < -0.39 is 0 Å². The number of ether oxygens (including phenoxy) is 1. The Morgan fingerprint density at radius 1 is 1.54 bits per heavy atom. The zero-order valence-corrected chi connectivity index (χ0v) is 7.36. The molecule has 0 amide bonds. The minimum absolute atomic E-state index is 0.0116. The molecule has 3 nitrogen and oxygen atoms in total. The molecular formula is C10H12NO2. The Bertz CT molecular complexity index is 282. The molecule has 0 aliphatic carbocycles. The average Bonchev–Trinajstić information content (AvgIpc) is 2.20. The Morgan fingerprint density at radius 3 is 3.15 bits per heavy atom. The van der Waals surface area contributed by atoms with E-state index in [9.17, 15) is 5.11 Å². The summed E-state index contributed by atoms with van der Waals surface area (Å²) >= 11 is 0. The zero-order valence-electron chi connectivity index (χ0n) is 7.36. The number of aromatic hydroxyl groups is 1. The van der Waals surface area contributed by atoms with E-state index in [4.69, 9.17) is 4.74 Å². The van der Waals surface area contributed by atoms with Crippen LogP contribution in [0.1, 0.15) is 30.9 Å². The Balaban J connectivity index is 2.18.